The van der Waals surface area contributed by atoms with Crippen LogP contribution >= 0.6 is 0 Å². The van der Waals surface area contributed by atoms with Crippen LogP contribution in [0.25, 0.3) is 0 Å². The molecule has 1 aromatic heterocycles. The molecule has 0 fully saturated rings. The van der Waals surface area contributed by atoms with E-state index in [1.54, 1.807) is 0 Å². The molecule has 4 N–H and O–H groups in total. The van der Waals surface area contributed by atoms with Crippen molar-refractivity contribution in [3.63, 3.8) is 0 Å². The second-order valence-corrected chi connectivity index (χ2v) is 4.49. The van der Waals surface area contributed by atoms with Crippen LogP contribution in [0.2, 0.25) is 0 Å². The Morgan fingerprint density at radius 3 is 2.05 bits per heavy atom. The van der Waals surface area contributed by atoms with Gasteiger partial charge in [0.05, 0.1) is 36.9 Å². The Hall–Kier alpha value is -1.29. The molecule has 120 valence electrons. The molecule has 0 aliphatic carbocycles. The Balaban J connectivity index is 2.69. The lowest BCUT2D eigenvalue weighted by Gasteiger charge is -2.17. The molecule has 1 heterocycles. The average molecular weight is 310 g/mol. The second kappa shape index (κ2) is 8.23. The molecule has 0 bridgehead atoms. The van der Waals surface area contributed by atoms with E-state index in [0.717, 1.165) is 12.4 Å². The predicted octanol–water partition coefficient (Wildman–Crippen LogP) is -0.588. The number of rotatable bonds is 8. The van der Waals surface area contributed by atoms with E-state index in [1.165, 1.54) is 0 Å². The Morgan fingerprint density at radius 1 is 0.952 bits per heavy atom. The van der Waals surface area contributed by atoms with Gasteiger partial charge in [-0.25, -0.2) is 13.2 Å². The highest BCUT2D eigenvalue weighted by Crippen LogP contribution is 2.22. The van der Waals surface area contributed by atoms with Crippen molar-refractivity contribution in [1.82, 2.24) is 9.97 Å². The minimum absolute atomic E-state index is 0.142. The second-order valence-electron chi connectivity index (χ2n) is 4.49. The van der Waals surface area contributed by atoms with Crippen molar-refractivity contribution in [3.05, 3.63) is 23.8 Å². The van der Waals surface area contributed by atoms with Crippen molar-refractivity contribution < 1.29 is 33.6 Å². The minimum Gasteiger partial charge on any atom is -0.393 e. The molecule has 0 unspecified atom stereocenters. The van der Waals surface area contributed by atoms with Gasteiger partial charge in [-0.15, -0.1) is 0 Å². The van der Waals surface area contributed by atoms with E-state index in [2.05, 4.69) is 9.97 Å². The molecule has 0 aliphatic heterocycles. The molecule has 1 rings (SSSR count). The maximum atomic E-state index is 13.7. The zero-order chi connectivity index (χ0) is 16.0. The Bertz CT molecular complexity index is 423. The summed E-state index contributed by atoms with van der Waals surface area (Å²) in [5.41, 5.74) is -0.209. The van der Waals surface area contributed by atoms with E-state index >= 15 is 0 Å². The van der Waals surface area contributed by atoms with Crippen LogP contribution in [-0.2, 0) is 6.42 Å². The van der Waals surface area contributed by atoms with Gasteiger partial charge in [-0.1, -0.05) is 0 Å². The van der Waals surface area contributed by atoms with Gasteiger partial charge in [0.25, 0.3) is 0 Å². The highest BCUT2D eigenvalue weighted by Gasteiger charge is 2.30. The van der Waals surface area contributed by atoms with E-state index in [4.69, 9.17) is 10.2 Å². The highest BCUT2D eigenvalue weighted by atomic mass is 19.1. The first-order chi connectivity index (χ1) is 9.90. The van der Waals surface area contributed by atoms with Crippen LogP contribution in [0.4, 0.5) is 13.2 Å². The SMILES string of the molecule is OC[C@@H](F)[C@@H](O)[C@H](F)c1cnc(C[C@H](O)[C@H](F)CO)cn1. The van der Waals surface area contributed by atoms with Gasteiger partial charge in [-0.3, -0.25) is 9.97 Å². The van der Waals surface area contributed by atoms with Gasteiger partial charge in [0.2, 0.25) is 0 Å². The van der Waals surface area contributed by atoms with Gasteiger partial charge in [-0.2, -0.15) is 0 Å². The van der Waals surface area contributed by atoms with Crippen molar-refractivity contribution in [1.29, 1.82) is 0 Å². The van der Waals surface area contributed by atoms with Crippen molar-refractivity contribution in [3.8, 4) is 0 Å². The summed E-state index contributed by atoms with van der Waals surface area (Å²) in [6.45, 7) is -1.87. The van der Waals surface area contributed by atoms with E-state index in [1.807, 2.05) is 0 Å². The van der Waals surface area contributed by atoms with Crippen LogP contribution in [0.5, 0.6) is 0 Å². The molecular formula is C12H17F3N2O4. The quantitative estimate of drug-likeness (QED) is 0.511. The van der Waals surface area contributed by atoms with Gasteiger partial charge < -0.3 is 20.4 Å². The topological polar surface area (TPSA) is 107 Å². The van der Waals surface area contributed by atoms with Crippen LogP contribution in [-0.4, -0.2) is 68.2 Å². The molecule has 1 aromatic rings. The van der Waals surface area contributed by atoms with Crippen molar-refractivity contribution in [2.75, 3.05) is 13.2 Å². The summed E-state index contributed by atoms with van der Waals surface area (Å²) in [6.07, 6.45) is -7.99. The number of aromatic nitrogens is 2. The predicted molar refractivity (Wildman–Crippen MR) is 65.6 cm³/mol. The number of hydrogen-bond donors (Lipinski definition) is 4. The van der Waals surface area contributed by atoms with Crippen molar-refractivity contribution in [2.45, 2.75) is 37.1 Å². The summed E-state index contributed by atoms with van der Waals surface area (Å²) in [7, 11) is 0. The number of nitrogens with zero attached hydrogens (tertiary/aromatic N) is 2. The summed E-state index contributed by atoms with van der Waals surface area (Å²) in [5, 5.41) is 35.6. The molecule has 0 saturated carbocycles. The van der Waals surface area contributed by atoms with Gasteiger partial charge in [-0.05, 0) is 0 Å². The maximum Gasteiger partial charge on any atom is 0.172 e. The molecule has 6 nitrogen and oxygen atoms in total. The van der Waals surface area contributed by atoms with E-state index in [9.17, 15) is 23.4 Å². The third-order valence-electron chi connectivity index (χ3n) is 2.86. The molecule has 21 heavy (non-hydrogen) atoms. The van der Waals surface area contributed by atoms with Crippen LogP contribution in [0.3, 0.4) is 0 Å². The largest absolute Gasteiger partial charge is 0.393 e. The summed E-state index contributed by atoms with van der Waals surface area (Å²) < 4.78 is 39.6. The van der Waals surface area contributed by atoms with Crippen molar-refractivity contribution >= 4 is 0 Å². The summed E-state index contributed by atoms with van der Waals surface area (Å²) in [6, 6.07) is 0. The van der Waals surface area contributed by atoms with Crippen LogP contribution in [0, 0.1) is 0 Å². The van der Waals surface area contributed by atoms with Gasteiger partial charge in [0.1, 0.15) is 12.3 Å². The fraction of sp³-hybridized carbons (Fsp3) is 0.667. The first kappa shape index (κ1) is 17.8. The van der Waals surface area contributed by atoms with E-state index < -0.39 is 43.9 Å². The molecule has 0 saturated heterocycles. The third kappa shape index (κ3) is 4.88. The lowest BCUT2D eigenvalue weighted by atomic mass is 10.1. The normalized spacial score (nSPS) is 18.8. The standard InChI is InChI=1S/C12H17F3N2O4/c13-7(4-18)10(20)1-6-2-17-9(3-16-6)11(15)12(21)8(14)5-19/h2-3,7-8,10-12,18-21H,1,4-5H2/t7-,8-,10+,11-,12-/m1/s1. The smallest absolute Gasteiger partial charge is 0.172 e. The molecule has 0 amide bonds. The van der Waals surface area contributed by atoms with Crippen LogP contribution < -0.4 is 0 Å². The lowest BCUT2D eigenvalue weighted by Crippen LogP contribution is -2.30. The Kier molecular flexibility index (Phi) is 6.96. The summed E-state index contributed by atoms with van der Waals surface area (Å²) in [4.78, 5) is 7.33. The van der Waals surface area contributed by atoms with Crippen LogP contribution in [0.1, 0.15) is 17.6 Å². The first-order valence-corrected chi connectivity index (χ1v) is 6.21. The molecule has 0 aliphatic rings. The fourth-order valence-electron chi connectivity index (χ4n) is 1.54. The molecule has 0 spiro atoms. The van der Waals surface area contributed by atoms with Gasteiger partial charge in [0.15, 0.2) is 12.3 Å². The average Bonchev–Trinajstić information content (AvgIpc) is 2.52. The zero-order valence-electron chi connectivity index (χ0n) is 11.0. The summed E-state index contributed by atoms with van der Waals surface area (Å²) in [5.74, 6) is 0. The minimum atomic E-state index is -2.18. The fourth-order valence-corrected chi connectivity index (χ4v) is 1.54. The first-order valence-electron chi connectivity index (χ1n) is 6.21. The van der Waals surface area contributed by atoms with Crippen LogP contribution in [0.15, 0.2) is 12.4 Å². The Morgan fingerprint density at radius 2 is 1.57 bits per heavy atom. The van der Waals surface area contributed by atoms with E-state index in [0.29, 0.717) is 0 Å². The van der Waals surface area contributed by atoms with Crippen molar-refractivity contribution in [2.24, 2.45) is 0 Å². The molecule has 0 aromatic carbocycles. The Labute approximate surface area is 118 Å². The maximum absolute atomic E-state index is 13.7. The molecule has 9 heteroatoms. The number of aliphatic hydroxyl groups excluding tert-OH is 4. The number of halogens is 3. The lowest BCUT2D eigenvalue weighted by molar-refractivity contribution is -0.0134. The van der Waals surface area contributed by atoms with Gasteiger partial charge >= 0.3 is 0 Å². The molecule has 0 radical (unpaired) electrons. The third-order valence-corrected chi connectivity index (χ3v) is 2.86. The molecule has 5 atom stereocenters. The zero-order valence-corrected chi connectivity index (χ0v) is 11.0. The van der Waals surface area contributed by atoms with Gasteiger partial charge in [0, 0.05) is 12.6 Å². The van der Waals surface area contributed by atoms with E-state index in [-0.39, 0.29) is 17.8 Å². The number of alkyl halides is 3. The highest BCUT2D eigenvalue weighted by molar-refractivity contribution is 5.08. The summed E-state index contributed by atoms with van der Waals surface area (Å²) >= 11 is 0. The molecular weight excluding hydrogens is 293 g/mol. The number of hydrogen-bond acceptors (Lipinski definition) is 6. The monoisotopic (exact) mass is 310 g/mol. The number of aliphatic hydroxyl groups is 4.